The van der Waals surface area contributed by atoms with Gasteiger partial charge in [0.05, 0.1) is 6.20 Å². The maximum Gasteiger partial charge on any atom is 0.180 e. The summed E-state index contributed by atoms with van der Waals surface area (Å²) in [5.41, 5.74) is 0.925. The molecule has 2 aromatic heterocycles. The van der Waals surface area contributed by atoms with Crippen molar-refractivity contribution in [3.8, 4) is 0 Å². The molecule has 110 valence electrons. The van der Waals surface area contributed by atoms with Gasteiger partial charge in [0.2, 0.25) is 0 Å². The number of anilines is 2. The fourth-order valence-corrected chi connectivity index (χ4v) is 2.30. The van der Waals surface area contributed by atoms with E-state index in [-0.39, 0.29) is 0 Å². The van der Waals surface area contributed by atoms with E-state index in [0.717, 1.165) is 43.2 Å². The first kappa shape index (κ1) is 14.6. The van der Waals surface area contributed by atoms with Crippen LogP contribution in [0.15, 0.2) is 18.6 Å². The third-order valence-corrected chi connectivity index (χ3v) is 3.27. The van der Waals surface area contributed by atoms with Crippen molar-refractivity contribution < 1.29 is 0 Å². The zero-order chi connectivity index (χ0) is 14.5. The Morgan fingerprint density at radius 2 is 2.10 bits per heavy atom. The SMILES string of the molecule is CCCNc1cn2ccnc2c(N(CCC)C(C)C)n1. The number of rotatable bonds is 7. The highest BCUT2D eigenvalue weighted by Gasteiger charge is 2.17. The molecule has 0 aliphatic rings. The molecule has 20 heavy (non-hydrogen) atoms. The molecule has 0 aromatic carbocycles. The lowest BCUT2D eigenvalue weighted by molar-refractivity contribution is 0.662. The summed E-state index contributed by atoms with van der Waals surface area (Å²) >= 11 is 0. The summed E-state index contributed by atoms with van der Waals surface area (Å²) in [7, 11) is 0. The van der Waals surface area contributed by atoms with Gasteiger partial charge in [0.25, 0.3) is 0 Å². The third kappa shape index (κ3) is 3.03. The standard InChI is InChI=1S/C15H25N5/c1-5-7-16-13-11-19-10-8-17-14(19)15(18-13)20(9-6-2)12(3)4/h8,10-12,16H,5-7,9H2,1-4H3. The van der Waals surface area contributed by atoms with Gasteiger partial charge in [0.15, 0.2) is 11.5 Å². The van der Waals surface area contributed by atoms with Crippen LogP contribution in [0.5, 0.6) is 0 Å². The molecule has 0 atom stereocenters. The highest BCUT2D eigenvalue weighted by molar-refractivity contribution is 5.67. The molecule has 2 heterocycles. The molecule has 0 fully saturated rings. The Balaban J connectivity index is 2.45. The van der Waals surface area contributed by atoms with E-state index >= 15 is 0 Å². The van der Waals surface area contributed by atoms with Gasteiger partial charge < -0.3 is 14.6 Å². The van der Waals surface area contributed by atoms with Gasteiger partial charge in [-0.25, -0.2) is 9.97 Å². The average Bonchev–Trinajstić information content (AvgIpc) is 2.89. The molecule has 1 N–H and O–H groups in total. The number of nitrogens with one attached hydrogen (secondary N) is 1. The Morgan fingerprint density at radius 1 is 1.30 bits per heavy atom. The summed E-state index contributed by atoms with van der Waals surface area (Å²) < 4.78 is 2.05. The molecule has 0 aliphatic heterocycles. The Morgan fingerprint density at radius 3 is 2.75 bits per heavy atom. The third-order valence-electron chi connectivity index (χ3n) is 3.27. The minimum atomic E-state index is 0.407. The van der Waals surface area contributed by atoms with Gasteiger partial charge in [0.1, 0.15) is 5.82 Å². The molecule has 2 aromatic rings. The first-order chi connectivity index (χ1) is 9.67. The molecule has 5 heteroatoms. The monoisotopic (exact) mass is 275 g/mol. The number of fused-ring (bicyclic) bond motifs is 1. The lowest BCUT2D eigenvalue weighted by Gasteiger charge is -2.28. The van der Waals surface area contributed by atoms with Crippen LogP contribution in [0, 0.1) is 0 Å². The van der Waals surface area contributed by atoms with Crippen LogP contribution in [0.1, 0.15) is 40.5 Å². The van der Waals surface area contributed by atoms with Crippen molar-refractivity contribution >= 4 is 17.3 Å². The molecular weight excluding hydrogens is 250 g/mol. The minimum absolute atomic E-state index is 0.407. The smallest absolute Gasteiger partial charge is 0.180 e. The van der Waals surface area contributed by atoms with Crippen LogP contribution in [-0.4, -0.2) is 33.5 Å². The second-order valence-electron chi connectivity index (χ2n) is 5.32. The molecule has 5 nitrogen and oxygen atoms in total. The first-order valence-corrected chi connectivity index (χ1v) is 7.51. The van der Waals surface area contributed by atoms with E-state index in [2.05, 4.69) is 42.9 Å². The van der Waals surface area contributed by atoms with Crippen molar-refractivity contribution in [1.82, 2.24) is 14.4 Å². The molecule has 2 rings (SSSR count). The molecule has 0 saturated heterocycles. The first-order valence-electron chi connectivity index (χ1n) is 7.51. The maximum absolute atomic E-state index is 4.78. The number of imidazole rings is 1. The van der Waals surface area contributed by atoms with Crippen molar-refractivity contribution in [2.75, 3.05) is 23.3 Å². The van der Waals surface area contributed by atoms with Crippen molar-refractivity contribution in [3.05, 3.63) is 18.6 Å². The van der Waals surface area contributed by atoms with Crippen LogP contribution in [-0.2, 0) is 0 Å². The summed E-state index contributed by atoms with van der Waals surface area (Å²) in [6.07, 6.45) is 7.99. The molecule has 0 saturated carbocycles. The molecule has 0 spiro atoms. The number of hydrogen-bond donors (Lipinski definition) is 1. The van der Waals surface area contributed by atoms with Gasteiger partial charge in [-0.05, 0) is 26.7 Å². The van der Waals surface area contributed by atoms with Crippen LogP contribution < -0.4 is 10.2 Å². The predicted molar refractivity (Wildman–Crippen MR) is 84.5 cm³/mol. The minimum Gasteiger partial charge on any atom is -0.369 e. The van der Waals surface area contributed by atoms with Crippen LogP contribution in [0.2, 0.25) is 0 Å². The number of hydrogen-bond acceptors (Lipinski definition) is 4. The van der Waals surface area contributed by atoms with Gasteiger partial charge in [-0.3, -0.25) is 0 Å². The van der Waals surface area contributed by atoms with Crippen molar-refractivity contribution in [2.24, 2.45) is 0 Å². The predicted octanol–water partition coefficient (Wildman–Crippen LogP) is 3.18. The fourth-order valence-electron chi connectivity index (χ4n) is 2.30. The molecule has 0 radical (unpaired) electrons. The Labute approximate surface area is 121 Å². The summed E-state index contributed by atoms with van der Waals surface area (Å²) in [6, 6.07) is 0.407. The summed E-state index contributed by atoms with van der Waals surface area (Å²) in [4.78, 5) is 11.6. The van der Waals surface area contributed by atoms with E-state index in [9.17, 15) is 0 Å². The quantitative estimate of drug-likeness (QED) is 0.843. The van der Waals surface area contributed by atoms with E-state index in [0.29, 0.717) is 6.04 Å². The molecule has 0 aliphatic carbocycles. The zero-order valence-electron chi connectivity index (χ0n) is 12.9. The second kappa shape index (κ2) is 6.59. The van der Waals surface area contributed by atoms with E-state index in [4.69, 9.17) is 4.98 Å². The fraction of sp³-hybridized carbons (Fsp3) is 0.600. The van der Waals surface area contributed by atoms with Crippen LogP contribution in [0.4, 0.5) is 11.6 Å². The molecule has 0 bridgehead atoms. The van der Waals surface area contributed by atoms with Gasteiger partial charge in [-0.1, -0.05) is 13.8 Å². The maximum atomic E-state index is 4.78. The van der Waals surface area contributed by atoms with Gasteiger partial charge in [0, 0.05) is 31.5 Å². The van der Waals surface area contributed by atoms with E-state index in [1.165, 1.54) is 0 Å². The van der Waals surface area contributed by atoms with Gasteiger partial charge in [-0.15, -0.1) is 0 Å². The summed E-state index contributed by atoms with van der Waals surface area (Å²) in [6.45, 7) is 10.7. The normalized spacial score (nSPS) is 11.2. The van der Waals surface area contributed by atoms with E-state index < -0.39 is 0 Å². The zero-order valence-corrected chi connectivity index (χ0v) is 12.9. The van der Waals surface area contributed by atoms with Crippen molar-refractivity contribution in [3.63, 3.8) is 0 Å². The molecular formula is C15H25N5. The number of aromatic nitrogens is 3. The summed E-state index contributed by atoms with van der Waals surface area (Å²) in [5.74, 6) is 1.88. The Bertz CT molecular complexity index is 546. The number of nitrogens with zero attached hydrogens (tertiary/aromatic N) is 4. The van der Waals surface area contributed by atoms with Crippen LogP contribution in [0.3, 0.4) is 0 Å². The van der Waals surface area contributed by atoms with E-state index in [1.807, 2.05) is 23.0 Å². The Hall–Kier alpha value is -1.78. The molecule has 0 unspecified atom stereocenters. The topological polar surface area (TPSA) is 45.5 Å². The van der Waals surface area contributed by atoms with E-state index in [1.54, 1.807) is 0 Å². The van der Waals surface area contributed by atoms with Gasteiger partial charge >= 0.3 is 0 Å². The second-order valence-corrected chi connectivity index (χ2v) is 5.32. The lowest BCUT2D eigenvalue weighted by Crippen LogP contribution is -2.33. The van der Waals surface area contributed by atoms with Gasteiger partial charge in [-0.2, -0.15) is 0 Å². The average molecular weight is 275 g/mol. The van der Waals surface area contributed by atoms with Crippen molar-refractivity contribution in [1.29, 1.82) is 0 Å². The summed E-state index contributed by atoms with van der Waals surface area (Å²) in [5, 5.41) is 3.37. The van der Waals surface area contributed by atoms with Crippen LogP contribution >= 0.6 is 0 Å². The Kier molecular flexibility index (Phi) is 4.82. The highest BCUT2D eigenvalue weighted by Crippen LogP contribution is 2.22. The molecule has 0 amide bonds. The highest BCUT2D eigenvalue weighted by atomic mass is 15.3. The van der Waals surface area contributed by atoms with Crippen molar-refractivity contribution in [2.45, 2.75) is 46.6 Å². The van der Waals surface area contributed by atoms with Crippen LogP contribution in [0.25, 0.3) is 5.65 Å². The largest absolute Gasteiger partial charge is 0.369 e. The lowest BCUT2D eigenvalue weighted by atomic mass is 10.3.